The number of aliphatic hydroxyl groups is 3. The number of fused-ring (bicyclic) bond motifs is 8. The van der Waals surface area contributed by atoms with E-state index in [0.717, 1.165) is 53.1 Å². The van der Waals surface area contributed by atoms with Gasteiger partial charge in [0.2, 0.25) is 5.78 Å². The van der Waals surface area contributed by atoms with Gasteiger partial charge in [0.25, 0.3) is 0 Å². The Morgan fingerprint density at radius 3 is 2.38 bits per heavy atom. The van der Waals surface area contributed by atoms with Crippen molar-refractivity contribution < 1.29 is 42.4 Å². The van der Waals surface area contributed by atoms with E-state index in [4.69, 9.17) is 20.8 Å². The molecular weight excluding hydrogens is 863 g/mol. The fourth-order valence-electron chi connectivity index (χ4n) is 13.6. The van der Waals surface area contributed by atoms with Crippen LogP contribution in [0, 0.1) is 28.6 Å². The number of furan rings is 1. The number of ether oxygens (including phenoxy) is 1. The Hall–Kier alpha value is -3.77. The Morgan fingerprint density at radius 1 is 0.939 bits per heavy atom. The predicted molar refractivity (Wildman–Crippen MR) is 250 cm³/mol. The van der Waals surface area contributed by atoms with Crippen LogP contribution in [0.4, 0.5) is 13.2 Å². The van der Waals surface area contributed by atoms with E-state index in [2.05, 4.69) is 24.8 Å². The fourth-order valence-corrected chi connectivity index (χ4v) is 13.8. The van der Waals surface area contributed by atoms with Crippen LogP contribution in [0.1, 0.15) is 135 Å². The van der Waals surface area contributed by atoms with Gasteiger partial charge in [0.1, 0.15) is 5.76 Å². The van der Waals surface area contributed by atoms with E-state index < -0.39 is 40.7 Å². The molecule has 7 aliphatic carbocycles. The summed E-state index contributed by atoms with van der Waals surface area (Å²) in [5.74, 6) is 1.54. The van der Waals surface area contributed by atoms with Crippen LogP contribution in [0.2, 0.25) is 5.02 Å². The van der Waals surface area contributed by atoms with Gasteiger partial charge in [-0.05, 0) is 173 Å². The number of halogens is 4. The number of hydrogen-bond donors (Lipinski definition) is 3. The van der Waals surface area contributed by atoms with Crippen molar-refractivity contribution in [2.24, 2.45) is 28.6 Å². The molecule has 1 heterocycles. The van der Waals surface area contributed by atoms with Gasteiger partial charge in [0, 0.05) is 36.2 Å². The lowest BCUT2D eigenvalue weighted by Crippen LogP contribution is -2.57. The second-order valence-corrected chi connectivity index (χ2v) is 21.8. The maximum Gasteiger partial charge on any atom is 0.416 e. The van der Waals surface area contributed by atoms with Crippen molar-refractivity contribution in [3.05, 3.63) is 129 Å². The number of aliphatic hydroxyl groups excluding tert-OH is 2. The SMILES string of the molecule is CC1=CCC[C@@]2(C)[C@@H](CC[C@@]2(O)CN(C[C@@H](O)COCc2ccccc2)CC23CC4CC(CC(C4)C2)C3)c2ccc(cc2C(=O)c2ccc(-c3cc(C(F)(F)F)ccc3Cl)o2)C[C@@H](O)CC1. The van der Waals surface area contributed by atoms with Gasteiger partial charge in [0.15, 0.2) is 5.76 Å². The first-order chi connectivity index (χ1) is 31.5. The molecule has 66 heavy (non-hydrogen) atoms. The molecule has 4 aromatic rings. The Kier molecular flexibility index (Phi) is 13.6. The molecule has 0 aliphatic heterocycles. The maximum absolute atomic E-state index is 14.9. The molecule has 7 aliphatic rings. The highest BCUT2D eigenvalue weighted by atomic mass is 35.5. The van der Waals surface area contributed by atoms with Gasteiger partial charge in [-0.1, -0.05) is 72.6 Å². The molecule has 5 fully saturated rings. The van der Waals surface area contributed by atoms with Crippen molar-refractivity contribution in [3.63, 3.8) is 0 Å². The molecule has 11 heteroatoms. The van der Waals surface area contributed by atoms with Crippen molar-refractivity contribution in [3.8, 4) is 11.3 Å². The molecule has 6 bridgehead atoms. The van der Waals surface area contributed by atoms with Crippen molar-refractivity contribution in [2.75, 3.05) is 26.2 Å². The molecule has 0 saturated heterocycles. The van der Waals surface area contributed by atoms with E-state index >= 15 is 0 Å². The predicted octanol–water partition coefficient (Wildman–Crippen LogP) is 12.0. The van der Waals surface area contributed by atoms with Crippen LogP contribution in [-0.4, -0.2) is 70.1 Å². The molecule has 7 nitrogen and oxygen atoms in total. The highest BCUT2D eigenvalue weighted by Gasteiger charge is 2.58. The number of benzene rings is 3. The molecule has 11 rings (SSSR count). The summed E-state index contributed by atoms with van der Waals surface area (Å²) < 4.78 is 53.4. The molecular formula is C55H65ClF3NO6. The zero-order valence-corrected chi connectivity index (χ0v) is 39.1. The first kappa shape index (κ1) is 47.3. The van der Waals surface area contributed by atoms with Crippen molar-refractivity contribution in [1.82, 2.24) is 4.90 Å². The third kappa shape index (κ3) is 10.0. The molecule has 0 amide bonds. The van der Waals surface area contributed by atoms with E-state index in [0.29, 0.717) is 70.2 Å². The second kappa shape index (κ2) is 19.0. The van der Waals surface area contributed by atoms with Gasteiger partial charge < -0.3 is 24.5 Å². The first-order valence-corrected chi connectivity index (χ1v) is 24.6. The molecule has 3 N–H and O–H groups in total. The van der Waals surface area contributed by atoms with Crippen LogP contribution in [0.15, 0.2) is 94.9 Å². The van der Waals surface area contributed by atoms with Crippen LogP contribution < -0.4 is 0 Å². The summed E-state index contributed by atoms with van der Waals surface area (Å²) in [5.41, 5.74) is 1.54. The second-order valence-electron chi connectivity index (χ2n) is 21.4. The Labute approximate surface area is 392 Å². The summed E-state index contributed by atoms with van der Waals surface area (Å²) in [4.78, 5) is 17.2. The zero-order valence-electron chi connectivity index (χ0n) is 38.3. The van der Waals surface area contributed by atoms with E-state index in [9.17, 15) is 33.3 Å². The third-order valence-corrected chi connectivity index (χ3v) is 16.7. The highest BCUT2D eigenvalue weighted by molar-refractivity contribution is 6.33. The van der Waals surface area contributed by atoms with Gasteiger partial charge >= 0.3 is 6.18 Å². The molecule has 0 radical (unpaired) electrons. The summed E-state index contributed by atoms with van der Waals surface area (Å²) in [5, 5.41) is 36.4. The number of carbonyl (C=O) groups excluding carboxylic acids is 1. The van der Waals surface area contributed by atoms with Crippen LogP contribution in [0.5, 0.6) is 0 Å². The average Bonchev–Trinajstić information content (AvgIpc) is 3.84. The van der Waals surface area contributed by atoms with Crippen LogP contribution in [-0.2, 0) is 23.9 Å². The lowest BCUT2D eigenvalue weighted by atomic mass is 9.49. The number of rotatable bonds is 13. The van der Waals surface area contributed by atoms with Crippen LogP contribution >= 0.6 is 11.6 Å². The molecule has 5 saturated carbocycles. The summed E-state index contributed by atoms with van der Waals surface area (Å²) in [6.45, 7) is 6.41. The van der Waals surface area contributed by atoms with E-state index in [-0.39, 0.29) is 40.0 Å². The lowest BCUT2D eigenvalue weighted by molar-refractivity contribution is -0.137. The van der Waals surface area contributed by atoms with Crippen molar-refractivity contribution in [1.29, 1.82) is 0 Å². The van der Waals surface area contributed by atoms with Gasteiger partial charge in [-0.25, -0.2) is 0 Å². The summed E-state index contributed by atoms with van der Waals surface area (Å²) >= 11 is 6.40. The number of nitrogens with zero attached hydrogens (tertiary/aromatic N) is 1. The summed E-state index contributed by atoms with van der Waals surface area (Å²) in [6.07, 6.45) is 7.81. The minimum absolute atomic E-state index is 0.0276. The molecule has 3 aromatic carbocycles. The molecule has 354 valence electrons. The topological polar surface area (TPSA) is 103 Å². The van der Waals surface area contributed by atoms with Gasteiger partial charge in [-0.3, -0.25) is 9.69 Å². The normalized spacial score (nSPS) is 30.3. The number of carbonyl (C=O) groups is 1. The highest BCUT2D eigenvalue weighted by Crippen LogP contribution is 2.62. The number of ketones is 1. The fraction of sp³-hybridized carbons (Fsp3) is 0.545. The monoisotopic (exact) mass is 927 g/mol. The van der Waals surface area contributed by atoms with E-state index in [1.165, 1.54) is 62.3 Å². The van der Waals surface area contributed by atoms with Crippen molar-refractivity contribution >= 4 is 17.4 Å². The summed E-state index contributed by atoms with van der Waals surface area (Å²) in [6, 6.07) is 21.7. The number of allylic oxidation sites excluding steroid dienone is 2. The van der Waals surface area contributed by atoms with Gasteiger partial charge in [0.05, 0.1) is 41.6 Å². The smallest absolute Gasteiger partial charge is 0.416 e. The summed E-state index contributed by atoms with van der Waals surface area (Å²) in [7, 11) is 0. The number of alkyl halides is 3. The largest absolute Gasteiger partial charge is 0.453 e. The zero-order chi connectivity index (χ0) is 46.4. The standard InChI is InChI=1S/C55H65ClF3NO6/c1-35-7-6-19-52(2)47(44-14-11-37(24-42(61)13-10-35)25-45(44)51(63)50-17-16-49(66-50)46-26-41(55(57,58)59)12-15-48(46)56)18-20-54(52,64)34-60(30-43(62)32-65-31-36-8-4-3-5-9-36)33-53-27-38-21-39(28-53)23-40(22-38)29-53/h3-5,7-9,11-12,14-17,25-26,38-40,42-43,47,61-62,64H,6,10,13,18-24,27-34H2,1-2H3/t38?,39?,40?,42-,43+,47-,52-,53?,54+/m0/s1. The van der Waals surface area contributed by atoms with Crippen LogP contribution in [0.3, 0.4) is 0 Å². The Balaban J connectivity index is 1.05. The maximum atomic E-state index is 14.9. The minimum Gasteiger partial charge on any atom is -0.453 e. The lowest BCUT2D eigenvalue weighted by Gasteiger charge is -2.58. The van der Waals surface area contributed by atoms with E-state index in [1.54, 1.807) is 0 Å². The Morgan fingerprint density at radius 2 is 1.67 bits per heavy atom. The first-order valence-electron chi connectivity index (χ1n) is 24.2. The average molecular weight is 929 g/mol. The molecule has 0 spiro atoms. The van der Waals surface area contributed by atoms with E-state index in [1.807, 2.05) is 48.5 Å². The van der Waals surface area contributed by atoms with Crippen molar-refractivity contribution in [2.45, 2.75) is 134 Å². The minimum atomic E-state index is -4.60. The third-order valence-electron chi connectivity index (χ3n) is 16.4. The quantitative estimate of drug-likeness (QED) is 0.0906. The van der Waals surface area contributed by atoms with Gasteiger partial charge in [-0.2, -0.15) is 13.2 Å². The van der Waals surface area contributed by atoms with Crippen LogP contribution in [0.25, 0.3) is 11.3 Å². The van der Waals surface area contributed by atoms with Gasteiger partial charge in [-0.15, -0.1) is 0 Å². The number of hydrogen-bond acceptors (Lipinski definition) is 7. The molecule has 1 aromatic heterocycles. The molecule has 5 atom stereocenters. The molecule has 0 unspecified atom stereocenters. The Bertz CT molecular complexity index is 2360.